The third-order valence-corrected chi connectivity index (χ3v) is 3.85. The molecule has 4 N–H and O–H groups in total. The SMILES string of the molecule is Nc1ncccc1C(=O)c1cccc(N2CCNC(CO)C2)n1.[HH].[HH]. The minimum atomic E-state index is -0.244. The van der Waals surface area contributed by atoms with Crippen molar-refractivity contribution in [1.29, 1.82) is 0 Å². The maximum absolute atomic E-state index is 12.6. The topological polar surface area (TPSA) is 104 Å². The van der Waals surface area contributed by atoms with Gasteiger partial charge in [0.2, 0.25) is 5.78 Å². The highest BCUT2D eigenvalue weighted by Crippen LogP contribution is 2.17. The molecule has 1 unspecified atom stereocenters. The zero-order chi connectivity index (χ0) is 16.2. The van der Waals surface area contributed by atoms with Gasteiger partial charge in [-0.25, -0.2) is 9.97 Å². The summed E-state index contributed by atoms with van der Waals surface area (Å²) < 4.78 is 0. The van der Waals surface area contributed by atoms with Crippen LogP contribution < -0.4 is 16.0 Å². The molecule has 1 aliphatic heterocycles. The van der Waals surface area contributed by atoms with E-state index in [4.69, 9.17) is 5.73 Å². The van der Waals surface area contributed by atoms with Gasteiger partial charge in [-0.1, -0.05) is 6.07 Å². The average molecular weight is 317 g/mol. The van der Waals surface area contributed by atoms with E-state index < -0.39 is 0 Å². The number of piperazine rings is 1. The van der Waals surface area contributed by atoms with Crippen molar-refractivity contribution in [3.05, 3.63) is 47.8 Å². The van der Waals surface area contributed by atoms with Crippen molar-refractivity contribution in [3.8, 4) is 0 Å². The lowest BCUT2D eigenvalue weighted by Crippen LogP contribution is -2.52. The van der Waals surface area contributed by atoms with E-state index in [1.807, 2.05) is 6.07 Å². The predicted molar refractivity (Wildman–Crippen MR) is 91.6 cm³/mol. The van der Waals surface area contributed by atoms with Crippen LogP contribution in [0.25, 0.3) is 0 Å². The molecule has 23 heavy (non-hydrogen) atoms. The fourth-order valence-corrected chi connectivity index (χ4v) is 2.63. The Morgan fingerprint density at radius 2 is 2.30 bits per heavy atom. The summed E-state index contributed by atoms with van der Waals surface area (Å²) in [6.07, 6.45) is 1.55. The Morgan fingerprint density at radius 3 is 3.09 bits per heavy atom. The van der Waals surface area contributed by atoms with E-state index in [0.29, 0.717) is 17.8 Å². The summed E-state index contributed by atoms with van der Waals surface area (Å²) >= 11 is 0. The first kappa shape index (κ1) is 15.4. The number of hydrogen-bond donors (Lipinski definition) is 3. The van der Waals surface area contributed by atoms with Crippen LogP contribution in [0.4, 0.5) is 11.6 Å². The first-order valence-corrected chi connectivity index (χ1v) is 7.50. The smallest absolute Gasteiger partial charge is 0.215 e. The van der Waals surface area contributed by atoms with Crippen molar-refractivity contribution >= 4 is 17.4 Å². The molecule has 0 radical (unpaired) electrons. The summed E-state index contributed by atoms with van der Waals surface area (Å²) in [7, 11) is 0. The summed E-state index contributed by atoms with van der Waals surface area (Å²) in [5.74, 6) is 0.678. The van der Waals surface area contributed by atoms with Crippen LogP contribution in [-0.2, 0) is 0 Å². The Kier molecular flexibility index (Phi) is 4.50. The van der Waals surface area contributed by atoms with Gasteiger partial charge in [0.15, 0.2) is 0 Å². The zero-order valence-corrected chi connectivity index (χ0v) is 12.6. The molecule has 1 aliphatic rings. The van der Waals surface area contributed by atoms with Gasteiger partial charge in [-0.15, -0.1) is 0 Å². The van der Waals surface area contributed by atoms with Crippen LogP contribution in [0.1, 0.15) is 18.9 Å². The Hall–Kier alpha value is -2.51. The lowest BCUT2D eigenvalue weighted by atomic mass is 10.1. The number of pyridine rings is 2. The lowest BCUT2D eigenvalue weighted by molar-refractivity contribution is 0.103. The van der Waals surface area contributed by atoms with E-state index in [1.165, 1.54) is 0 Å². The molecule has 0 aromatic carbocycles. The van der Waals surface area contributed by atoms with Crippen LogP contribution in [0.5, 0.6) is 0 Å². The van der Waals surface area contributed by atoms with Gasteiger partial charge in [0.1, 0.15) is 17.3 Å². The van der Waals surface area contributed by atoms with Gasteiger partial charge in [0.05, 0.1) is 12.2 Å². The van der Waals surface area contributed by atoms with Crippen LogP contribution in [-0.4, -0.2) is 53.1 Å². The average Bonchev–Trinajstić information content (AvgIpc) is 2.62. The van der Waals surface area contributed by atoms with E-state index in [2.05, 4.69) is 20.2 Å². The maximum atomic E-state index is 12.6. The highest BCUT2D eigenvalue weighted by molar-refractivity contribution is 6.10. The monoisotopic (exact) mass is 317 g/mol. The van der Waals surface area contributed by atoms with E-state index in [-0.39, 0.29) is 27.1 Å². The number of aliphatic hydroxyl groups is 1. The molecule has 3 rings (SSSR count). The van der Waals surface area contributed by atoms with Crippen molar-refractivity contribution in [2.45, 2.75) is 6.04 Å². The molecular formula is C16H23N5O2. The third kappa shape index (κ3) is 3.30. The van der Waals surface area contributed by atoms with Gasteiger partial charge >= 0.3 is 0 Å². The molecule has 0 amide bonds. The number of nitrogen functional groups attached to an aromatic ring is 1. The Morgan fingerprint density at radius 1 is 1.43 bits per heavy atom. The minimum Gasteiger partial charge on any atom is -0.395 e. The zero-order valence-electron chi connectivity index (χ0n) is 12.6. The fraction of sp³-hybridized carbons (Fsp3) is 0.312. The Labute approximate surface area is 137 Å². The number of nitrogens with one attached hydrogen (secondary N) is 1. The predicted octanol–water partition coefficient (Wildman–Crippen LogP) is 0.552. The lowest BCUT2D eigenvalue weighted by Gasteiger charge is -2.33. The molecule has 7 nitrogen and oxygen atoms in total. The molecule has 124 valence electrons. The molecule has 0 bridgehead atoms. The highest BCUT2D eigenvalue weighted by Gasteiger charge is 2.21. The second kappa shape index (κ2) is 6.72. The molecule has 0 aliphatic carbocycles. The number of nitrogens with zero attached hydrogens (tertiary/aromatic N) is 3. The number of hydrogen-bond acceptors (Lipinski definition) is 7. The van der Waals surface area contributed by atoms with E-state index in [0.717, 1.165) is 18.9 Å². The maximum Gasteiger partial charge on any atom is 0.215 e. The second-order valence-corrected chi connectivity index (χ2v) is 5.43. The normalized spacial score (nSPS) is 18.0. The van der Waals surface area contributed by atoms with Crippen molar-refractivity contribution < 1.29 is 12.8 Å². The second-order valence-electron chi connectivity index (χ2n) is 5.43. The van der Waals surface area contributed by atoms with Crippen molar-refractivity contribution in [3.63, 3.8) is 0 Å². The molecule has 3 heterocycles. The molecule has 2 aromatic heterocycles. The van der Waals surface area contributed by atoms with Gasteiger partial charge in [-0.3, -0.25) is 4.79 Å². The first-order chi connectivity index (χ1) is 11.2. The number of nitrogens with two attached hydrogens (primary N) is 1. The first-order valence-electron chi connectivity index (χ1n) is 7.50. The Balaban J connectivity index is 0.00000156. The van der Waals surface area contributed by atoms with Gasteiger partial charge in [-0.2, -0.15) is 0 Å². The standard InChI is InChI=1S/C16H19N5O2.2H2/c17-16-12(3-2-6-19-16)15(23)13-4-1-5-14(20-13)21-8-7-18-11(9-21)10-22;;/h1-6,11,18,22H,7-10H2,(H2,17,19);2*1H. The summed E-state index contributed by atoms with van der Waals surface area (Å²) in [6.45, 7) is 2.26. The molecule has 1 atom stereocenters. The Bertz CT molecular complexity index is 716. The molecule has 7 heteroatoms. The van der Waals surface area contributed by atoms with E-state index in [1.54, 1.807) is 30.5 Å². The number of ketones is 1. The minimum absolute atomic E-state index is 0. The number of aromatic nitrogens is 2. The van der Waals surface area contributed by atoms with Crippen molar-refractivity contribution in [2.24, 2.45) is 0 Å². The van der Waals surface area contributed by atoms with Crippen LogP contribution in [0, 0.1) is 0 Å². The van der Waals surface area contributed by atoms with Crippen LogP contribution in [0.3, 0.4) is 0 Å². The summed E-state index contributed by atoms with van der Waals surface area (Å²) in [6, 6.07) is 8.67. The quantitative estimate of drug-likeness (QED) is 0.707. The van der Waals surface area contributed by atoms with Crippen molar-refractivity contribution in [2.75, 3.05) is 36.9 Å². The van der Waals surface area contributed by atoms with Crippen LogP contribution >= 0.6 is 0 Å². The largest absolute Gasteiger partial charge is 0.395 e. The number of rotatable bonds is 4. The summed E-state index contributed by atoms with van der Waals surface area (Å²) in [4.78, 5) is 23.0. The molecule has 0 spiro atoms. The fourth-order valence-electron chi connectivity index (χ4n) is 2.63. The van der Waals surface area contributed by atoms with Gasteiger partial charge < -0.3 is 21.1 Å². The van der Waals surface area contributed by atoms with Crippen molar-refractivity contribution in [1.82, 2.24) is 15.3 Å². The molecular weight excluding hydrogens is 294 g/mol. The number of aliphatic hydroxyl groups excluding tert-OH is 1. The number of anilines is 2. The summed E-state index contributed by atoms with van der Waals surface area (Å²) in [5.41, 5.74) is 6.46. The number of carbonyl (C=O) groups is 1. The van der Waals surface area contributed by atoms with Crippen LogP contribution in [0.2, 0.25) is 0 Å². The summed E-state index contributed by atoms with van der Waals surface area (Å²) in [5, 5.41) is 12.5. The third-order valence-electron chi connectivity index (χ3n) is 3.85. The van der Waals surface area contributed by atoms with Gasteiger partial charge in [-0.05, 0) is 24.3 Å². The molecule has 1 fully saturated rings. The molecule has 1 saturated heterocycles. The van der Waals surface area contributed by atoms with E-state index in [9.17, 15) is 9.90 Å². The van der Waals surface area contributed by atoms with Crippen LogP contribution in [0.15, 0.2) is 36.5 Å². The molecule has 2 aromatic rings. The van der Waals surface area contributed by atoms with Gasteiger partial charge in [0, 0.05) is 34.7 Å². The van der Waals surface area contributed by atoms with Gasteiger partial charge in [0.25, 0.3) is 0 Å². The van der Waals surface area contributed by atoms with E-state index >= 15 is 0 Å². The number of carbonyl (C=O) groups excluding carboxylic acids is 1. The highest BCUT2D eigenvalue weighted by atomic mass is 16.3. The molecule has 0 saturated carbocycles.